The van der Waals surface area contributed by atoms with E-state index >= 15 is 0 Å². The first kappa shape index (κ1) is 21.4. The van der Waals surface area contributed by atoms with Crippen LogP contribution in [-0.4, -0.2) is 51.8 Å². The minimum Gasteiger partial charge on any atom is -0.508 e. The van der Waals surface area contributed by atoms with Gasteiger partial charge in [-0.15, -0.1) is 0 Å². The second-order valence-corrected chi connectivity index (χ2v) is 7.66. The van der Waals surface area contributed by atoms with Crippen LogP contribution in [-0.2, 0) is 4.79 Å². The Labute approximate surface area is 175 Å². The summed E-state index contributed by atoms with van der Waals surface area (Å²) in [5, 5.41) is 21.9. The van der Waals surface area contributed by atoms with E-state index < -0.39 is 0 Å². The molecule has 7 heteroatoms. The summed E-state index contributed by atoms with van der Waals surface area (Å²) in [7, 11) is 0. The third kappa shape index (κ3) is 5.59. The minimum absolute atomic E-state index is 0.0418. The molecule has 1 fully saturated rings. The molecule has 1 aliphatic heterocycles. The van der Waals surface area contributed by atoms with Crippen molar-refractivity contribution in [3.8, 4) is 11.5 Å². The van der Waals surface area contributed by atoms with Crippen molar-refractivity contribution in [1.82, 2.24) is 10.2 Å². The Morgan fingerprint density at radius 1 is 0.933 bits per heavy atom. The number of phenols is 2. The molecule has 158 valence electrons. The zero-order valence-electron chi connectivity index (χ0n) is 16.9. The molecular weight excluding hydrogens is 384 g/mol. The molecule has 2 amide bonds. The summed E-state index contributed by atoms with van der Waals surface area (Å²) in [6, 6.07) is 11.0. The number of nitrogens with zero attached hydrogens (tertiary/aromatic N) is 1. The number of hydrogen-bond donors (Lipinski definition) is 3. The van der Waals surface area contributed by atoms with Gasteiger partial charge in [-0.3, -0.25) is 14.4 Å². The van der Waals surface area contributed by atoms with Crippen LogP contribution >= 0.6 is 0 Å². The fraction of sp³-hybridized carbons (Fsp3) is 0.348. The molecule has 0 aliphatic carbocycles. The van der Waals surface area contributed by atoms with E-state index in [0.717, 1.165) is 11.6 Å². The van der Waals surface area contributed by atoms with Crippen LogP contribution in [0.4, 0.5) is 0 Å². The standard InChI is InChI=1S/C23H26N2O5/c1-15-2-4-16(5-3-15)21(28)6-7-22(29)25-10-8-18(9-11-25)24-23(30)17-12-19(26)14-20(27)13-17/h2-5,12-14,18,26-27H,6-11H2,1H3,(H,24,30). The number of likely N-dealkylation sites (tertiary alicyclic amines) is 1. The molecule has 0 unspecified atom stereocenters. The van der Waals surface area contributed by atoms with Gasteiger partial charge in [0.1, 0.15) is 11.5 Å². The van der Waals surface area contributed by atoms with E-state index in [1.54, 1.807) is 17.0 Å². The minimum atomic E-state index is -0.380. The van der Waals surface area contributed by atoms with Gasteiger partial charge in [0.05, 0.1) is 0 Å². The first-order valence-corrected chi connectivity index (χ1v) is 10.0. The molecule has 0 atom stereocenters. The number of piperidine rings is 1. The number of carbonyl (C=O) groups is 3. The third-order valence-electron chi connectivity index (χ3n) is 5.29. The van der Waals surface area contributed by atoms with Gasteiger partial charge in [0, 0.05) is 49.2 Å². The molecule has 30 heavy (non-hydrogen) atoms. The Morgan fingerprint density at radius 2 is 1.53 bits per heavy atom. The van der Waals surface area contributed by atoms with Crippen molar-refractivity contribution in [2.24, 2.45) is 0 Å². The van der Waals surface area contributed by atoms with Crippen LogP contribution in [0.15, 0.2) is 42.5 Å². The quantitative estimate of drug-likeness (QED) is 0.635. The van der Waals surface area contributed by atoms with Crippen molar-refractivity contribution in [3.63, 3.8) is 0 Å². The number of benzene rings is 2. The van der Waals surface area contributed by atoms with E-state index in [1.807, 2.05) is 19.1 Å². The van der Waals surface area contributed by atoms with Crippen molar-refractivity contribution >= 4 is 17.6 Å². The van der Waals surface area contributed by atoms with Crippen LogP contribution in [0.3, 0.4) is 0 Å². The summed E-state index contributed by atoms with van der Waals surface area (Å²) in [5.74, 6) is -0.839. The monoisotopic (exact) mass is 410 g/mol. The van der Waals surface area contributed by atoms with Crippen LogP contribution in [0.25, 0.3) is 0 Å². The maximum absolute atomic E-state index is 12.4. The average Bonchev–Trinajstić information content (AvgIpc) is 2.72. The highest BCUT2D eigenvalue weighted by Crippen LogP contribution is 2.21. The summed E-state index contributed by atoms with van der Waals surface area (Å²) >= 11 is 0. The van der Waals surface area contributed by atoms with E-state index in [1.165, 1.54) is 12.1 Å². The second-order valence-electron chi connectivity index (χ2n) is 7.66. The lowest BCUT2D eigenvalue weighted by Crippen LogP contribution is -2.46. The number of Topliss-reactive ketones (excluding diaryl/α,β-unsaturated/α-hetero) is 1. The highest BCUT2D eigenvalue weighted by Gasteiger charge is 2.24. The molecule has 1 heterocycles. The van der Waals surface area contributed by atoms with Crippen LogP contribution in [0.5, 0.6) is 11.5 Å². The topological polar surface area (TPSA) is 107 Å². The molecule has 1 saturated heterocycles. The van der Waals surface area contributed by atoms with E-state index in [-0.39, 0.29) is 53.5 Å². The molecule has 2 aromatic rings. The largest absolute Gasteiger partial charge is 0.508 e. The van der Waals surface area contributed by atoms with Crippen molar-refractivity contribution in [1.29, 1.82) is 0 Å². The molecule has 0 spiro atoms. The Morgan fingerprint density at radius 3 is 2.13 bits per heavy atom. The lowest BCUT2D eigenvalue weighted by Gasteiger charge is -2.32. The van der Waals surface area contributed by atoms with Gasteiger partial charge in [0.15, 0.2) is 5.78 Å². The molecule has 1 aliphatic rings. The van der Waals surface area contributed by atoms with Crippen LogP contribution in [0.2, 0.25) is 0 Å². The zero-order valence-corrected chi connectivity index (χ0v) is 16.9. The van der Waals surface area contributed by atoms with Gasteiger partial charge in [-0.25, -0.2) is 0 Å². The number of rotatable bonds is 6. The van der Waals surface area contributed by atoms with Crippen LogP contribution < -0.4 is 5.32 Å². The first-order chi connectivity index (χ1) is 14.3. The van der Waals surface area contributed by atoms with Crippen LogP contribution in [0.1, 0.15) is 52.0 Å². The van der Waals surface area contributed by atoms with Gasteiger partial charge < -0.3 is 20.4 Å². The Balaban J connectivity index is 1.44. The molecule has 0 radical (unpaired) electrons. The molecule has 0 aromatic heterocycles. The summed E-state index contributed by atoms with van der Waals surface area (Å²) in [6.07, 6.45) is 1.56. The molecule has 2 aromatic carbocycles. The summed E-state index contributed by atoms with van der Waals surface area (Å²) in [6.45, 7) is 2.97. The highest BCUT2D eigenvalue weighted by atomic mass is 16.3. The number of aryl methyl sites for hydroxylation is 1. The molecular formula is C23H26N2O5. The maximum Gasteiger partial charge on any atom is 0.251 e. The van der Waals surface area contributed by atoms with Crippen molar-refractivity contribution in [2.45, 2.75) is 38.6 Å². The molecule has 0 saturated carbocycles. The summed E-state index contributed by atoms with van der Waals surface area (Å²) in [4.78, 5) is 38.7. The number of hydrogen-bond acceptors (Lipinski definition) is 5. The molecule has 3 rings (SSSR count). The zero-order chi connectivity index (χ0) is 21.7. The van der Waals surface area contributed by atoms with Crippen molar-refractivity contribution in [2.75, 3.05) is 13.1 Å². The van der Waals surface area contributed by atoms with Crippen molar-refractivity contribution in [3.05, 3.63) is 59.2 Å². The SMILES string of the molecule is Cc1ccc(C(=O)CCC(=O)N2CCC(NC(=O)c3cc(O)cc(O)c3)CC2)cc1. The summed E-state index contributed by atoms with van der Waals surface area (Å²) in [5.41, 5.74) is 1.88. The Hall–Kier alpha value is -3.35. The third-order valence-corrected chi connectivity index (χ3v) is 5.29. The fourth-order valence-electron chi connectivity index (χ4n) is 3.53. The average molecular weight is 410 g/mol. The number of aromatic hydroxyl groups is 2. The summed E-state index contributed by atoms with van der Waals surface area (Å²) < 4.78 is 0. The van der Waals surface area contributed by atoms with Crippen LogP contribution in [0, 0.1) is 6.92 Å². The number of amides is 2. The molecule has 7 nitrogen and oxygen atoms in total. The molecule has 3 N–H and O–H groups in total. The maximum atomic E-state index is 12.4. The van der Waals surface area contributed by atoms with Gasteiger partial charge in [0.25, 0.3) is 5.91 Å². The number of carbonyl (C=O) groups excluding carboxylic acids is 3. The number of phenolic OH excluding ortho intramolecular Hbond substituents is 2. The van der Waals surface area contributed by atoms with Gasteiger partial charge in [-0.2, -0.15) is 0 Å². The van der Waals surface area contributed by atoms with E-state index in [9.17, 15) is 24.6 Å². The van der Waals surface area contributed by atoms with E-state index in [0.29, 0.717) is 31.5 Å². The lowest BCUT2D eigenvalue weighted by atomic mass is 10.0. The van der Waals surface area contributed by atoms with E-state index in [4.69, 9.17) is 0 Å². The van der Waals surface area contributed by atoms with Crippen molar-refractivity contribution < 1.29 is 24.6 Å². The predicted molar refractivity (Wildman–Crippen MR) is 112 cm³/mol. The highest BCUT2D eigenvalue weighted by molar-refractivity contribution is 5.98. The number of nitrogens with one attached hydrogen (secondary N) is 1. The van der Waals surface area contributed by atoms with Gasteiger partial charge >= 0.3 is 0 Å². The van der Waals surface area contributed by atoms with Gasteiger partial charge in [0.2, 0.25) is 5.91 Å². The Kier molecular flexibility index (Phi) is 6.72. The van der Waals surface area contributed by atoms with E-state index in [2.05, 4.69) is 5.32 Å². The smallest absolute Gasteiger partial charge is 0.251 e. The number of ketones is 1. The Bertz CT molecular complexity index is 911. The van der Waals surface area contributed by atoms with Gasteiger partial charge in [-0.05, 0) is 31.9 Å². The predicted octanol–water partition coefficient (Wildman–Crippen LogP) is 2.79. The second kappa shape index (κ2) is 9.43. The normalized spacial score (nSPS) is 14.4. The lowest BCUT2D eigenvalue weighted by molar-refractivity contribution is -0.132. The van der Waals surface area contributed by atoms with Gasteiger partial charge in [-0.1, -0.05) is 29.8 Å². The molecule has 0 bridgehead atoms. The first-order valence-electron chi connectivity index (χ1n) is 10.0. The fourth-order valence-corrected chi connectivity index (χ4v) is 3.53.